The second kappa shape index (κ2) is 8.77. The number of benzene rings is 2. The fourth-order valence-corrected chi connectivity index (χ4v) is 3.44. The van der Waals surface area contributed by atoms with E-state index in [4.69, 9.17) is 14.2 Å². The normalized spacial score (nSPS) is 15.6. The lowest BCUT2D eigenvalue weighted by molar-refractivity contribution is 0.0507. The lowest BCUT2D eigenvalue weighted by atomic mass is 9.74. The summed E-state index contributed by atoms with van der Waals surface area (Å²) in [5.74, 6) is 1.38. The van der Waals surface area contributed by atoms with Crippen molar-refractivity contribution in [2.24, 2.45) is 0 Å². The first-order valence-electron chi connectivity index (χ1n) is 9.07. The van der Waals surface area contributed by atoms with E-state index in [1.807, 2.05) is 48.5 Å². The van der Waals surface area contributed by atoms with Gasteiger partial charge in [-0.2, -0.15) is 0 Å². The molecule has 2 N–H and O–H groups in total. The summed E-state index contributed by atoms with van der Waals surface area (Å²) in [5, 5.41) is 5.89. The Bertz CT molecular complexity index is 758. The standard InChI is InChI=1S/C21H26N2O4/c1-25-18-9-8-16(14-19(18)26-2)21(10-12-27-13-11-21)15-22-20(24)23-17-6-4-3-5-7-17/h3-9,14H,10-13,15H2,1-2H3,(H2,22,23,24). The van der Waals surface area contributed by atoms with Crippen molar-refractivity contribution in [3.8, 4) is 11.5 Å². The summed E-state index contributed by atoms with van der Waals surface area (Å²) >= 11 is 0. The topological polar surface area (TPSA) is 68.8 Å². The van der Waals surface area contributed by atoms with Crippen LogP contribution in [0.2, 0.25) is 0 Å². The van der Waals surface area contributed by atoms with Crippen molar-refractivity contribution in [2.45, 2.75) is 18.3 Å². The molecule has 1 fully saturated rings. The molecule has 0 atom stereocenters. The SMILES string of the molecule is COc1ccc(C2(CNC(=O)Nc3ccccc3)CCOCC2)cc1OC. The Kier molecular flexibility index (Phi) is 6.19. The molecule has 0 saturated carbocycles. The summed E-state index contributed by atoms with van der Waals surface area (Å²) in [6.07, 6.45) is 1.65. The first-order valence-corrected chi connectivity index (χ1v) is 9.07. The van der Waals surface area contributed by atoms with E-state index in [-0.39, 0.29) is 11.4 Å². The van der Waals surface area contributed by atoms with E-state index < -0.39 is 0 Å². The maximum absolute atomic E-state index is 12.4. The number of ether oxygens (including phenoxy) is 3. The van der Waals surface area contributed by atoms with E-state index in [1.54, 1.807) is 14.2 Å². The number of carbonyl (C=O) groups is 1. The Morgan fingerprint density at radius 3 is 2.41 bits per heavy atom. The van der Waals surface area contributed by atoms with Crippen molar-refractivity contribution in [3.63, 3.8) is 0 Å². The Morgan fingerprint density at radius 2 is 1.74 bits per heavy atom. The van der Waals surface area contributed by atoms with Crippen molar-refractivity contribution in [1.29, 1.82) is 0 Å². The maximum Gasteiger partial charge on any atom is 0.319 e. The quantitative estimate of drug-likeness (QED) is 0.816. The van der Waals surface area contributed by atoms with Gasteiger partial charge in [0.15, 0.2) is 11.5 Å². The molecule has 2 aromatic rings. The molecule has 0 aliphatic carbocycles. The van der Waals surface area contributed by atoms with Gasteiger partial charge in [-0.3, -0.25) is 0 Å². The molecule has 0 unspecified atom stereocenters. The zero-order chi connectivity index (χ0) is 19.1. The van der Waals surface area contributed by atoms with Crippen LogP contribution in [0.4, 0.5) is 10.5 Å². The van der Waals surface area contributed by atoms with E-state index in [0.717, 1.165) is 24.1 Å². The molecule has 0 bridgehead atoms. The molecule has 1 saturated heterocycles. The molecule has 0 aromatic heterocycles. The molecule has 1 aliphatic rings. The summed E-state index contributed by atoms with van der Waals surface area (Å²) in [7, 11) is 3.25. The van der Waals surface area contributed by atoms with Crippen LogP contribution in [0, 0.1) is 0 Å². The first kappa shape index (κ1) is 19.0. The zero-order valence-electron chi connectivity index (χ0n) is 15.8. The largest absolute Gasteiger partial charge is 0.493 e. The first-order chi connectivity index (χ1) is 13.2. The van der Waals surface area contributed by atoms with Gasteiger partial charge in [-0.15, -0.1) is 0 Å². The number of anilines is 1. The highest BCUT2D eigenvalue weighted by molar-refractivity contribution is 5.89. The van der Waals surface area contributed by atoms with Gasteiger partial charge in [0.1, 0.15) is 0 Å². The number of hydrogen-bond acceptors (Lipinski definition) is 4. The Labute approximate surface area is 159 Å². The van der Waals surface area contributed by atoms with Crippen LogP contribution >= 0.6 is 0 Å². The van der Waals surface area contributed by atoms with E-state index in [1.165, 1.54) is 0 Å². The fraction of sp³-hybridized carbons (Fsp3) is 0.381. The second-order valence-corrected chi connectivity index (χ2v) is 6.64. The average Bonchev–Trinajstić information content (AvgIpc) is 2.73. The molecular weight excluding hydrogens is 344 g/mol. The zero-order valence-corrected chi connectivity index (χ0v) is 15.8. The summed E-state index contributed by atoms with van der Waals surface area (Å²) in [6, 6.07) is 15.2. The molecule has 0 spiro atoms. The van der Waals surface area contributed by atoms with Crippen LogP contribution in [0.3, 0.4) is 0 Å². The van der Waals surface area contributed by atoms with Crippen LogP contribution in [0.1, 0.15) is 18.4 Å². The number of urea groups is 1. The van der Waals surface area contributed by atoms with Gasteiger partial charge < -0.3 is 24.8 Å². The highest BCUT2D eigenvalue weighted by Crippen LogP contribution is 2.38. The average molecular weight is 370 g/mol. The molecule has 2 aromatic carbocycles. The smallest absolute Gasteiger partial charge is 0.319 e. The summed E-state index contributed by atoms with van der Waals surface area (Å²) < 4.78 is 16.4. The number of hydrogen-bond donors (Lipinski definition) is 2. The molecule has 2 amide bonds. The number of para-hydroxylation sites is 1. The summed E-state index contributed by atoms with van der Waals surface area (Å²) in [4.78, 5) is 12.4. The molecule has 3 rings (SSSR count). The predicted octanol–water partition coefficient (Wildman–Crippen LogP) is 3.57. The third-order valence-electron chi connectivity index (χ3n) is 5.06. The van der Waals surface area contributed by atoms with Gasteiger partial charge in [0, 0.05) is 30.9 Å². The van der Waals surface area contributed by atoms with Gasteiger partial charge in [0.05, 0.1) is 14.2 Å². The molecule has 1 heterocycles. The second-order valence-electron chi connectivity index (χ2n) is 6.64. The monoisotopic (exact) mass is 370 g/mol. The number of methoxy groups -OCH3 is 2. The third-order valence-corrected chi connectivity index (χ3v) is 5.06. The molecule has 6 heteroatoms. The van der Waals surface area contributed by atoms with Crippen molar-refractivity contribution in [1.82, 2.24) is 5.32 Å². The molecule has 144 valence electrons. The minimum Gasteiger partial charge on any atom is -0.493 e. The lowest BCUT2D eigenvalue weighted by Crippen LogP contribution is -2.45. The van der Waals surface area contributed by atoms with Gasteiger partial charge in [0.25, 0.3) is 0 Å². The number of amides is 2. The van der Waals surface area contributed by atoms with Gasteiger partial charge in [0.2, 0.25) is 0 Å². The van der Waals surface area contributed by atoms with E-state index in [9.17, 15) is 4.79 Å². The molecular formula is C21H26N2O4. The van der Waals surface area contributed by atoms with Crippen LogP contribution < -0.4 is 20.1 Å². The van der Waals surface area contributed by atoms with Crippen molar-refractivity contribution >= 4 is 11.7 Å². The van der Waals surface area contributed by atoms with E-state index >= 15 is 0 Å². The van der Waals surface area contributed by atoms with Crippen LogP contribution in [-0.2, 0) is 10.2 Å². The maximum atomic E-state index is 12.4. The Morgan fingerprint density at radius 1 is 1.04 bits per heavy atom. The molecule has 0 radical (unpaired) electrons. The van der Waals surface area contributed by atoms with Crippen molar-refractivity contribution in [2.75, 3.05) is 39.3 Å². The van der Waals surface area contributed by atoms with Crippen molar-refractivity contribution < 1.29 is 19.0 Å². The van der Waals surface area contributed by atoms with Gasteiger partial charge in [-0.05, 0) is 42.7 Å². The fourth-order valence-electron chi connectivity index (χ4n) is 3.44. The van der Waals surface area contributed by atoms with Gasteiger partial charge in [-0.25, -0.2) is 4.79 Å². The van der Waals surface area contributed by atoms with Crippen LogP contribution in [-0.4, -0.2) is 40.0 Å². The molecule has 1 aliphatic heterocycles. The minimum atomic E-state index is -0.215. The van der Waals surface area contributed by atoms with Crippen LogP contribution in [0.5, 0.6) is 11.5 Å². The van der Waals surface area contributed by atoms with E-state index in [0.29, 0.717) is 31.3 Å². The highest BCUT2D eigenvalue weighted by atomic mass is 16.5. The van der Waals surface area contributed by atoms with Gasteiger partial charge >= 0.3 is 6.03 Å². The Balaban J connectivity index is 1.76. The number of nitrogens with one attached hydrogen (secondary N) is 2. The summed E-state index contributed by atoms with van der Waals surface area (Å²) in [6.45, 7) is 1.84. The van der Waals surface area contributed by atoms with Gasteiger partial charge in [-0.1, -0.05) is 24.3 Å². The predicted molar refractivity (Wildman–Crippen MR) is 105 cm³/mol. The van der Waals surface area contributed by atoms with Crippen LogP contribution in [0.15, 0.2) is 48.5 Å². The van der Waals surface area contributed by atoms with Crippen molar-refractivity contribution in [3.05, 3.63) is 54.1 Å². The molecule has 27 heavy (non-hydrogen) atoms. The highest BCUT2D eigenvalue weighted by Gasteiger charge is 2.35. The summed E-state index contributed by atoms with van der Waals surface area (Å²) in [5.41, 5.74) is 1.68. The lowest BCUT2D eigenvalue weighted by Gasteiger charge is -2.38. The third kappa shape index (κ3) is 4.52. The molecule has 6 nitrogen and oxygen atoms in total. The number of carbonyl (C=O) groups excluding carboxylic acids is 1. The van der Waals surface area contributed by atoms with Crippen LogP contribution in [0.25, 0.3) is 0 Å². The minimum absolute atomic E-state index is 0.203. The van der Waals surface area contributed by atoms with E-state index in [2.05, 4.69) is 10.6 Å². The number of rotatable bonds is 6. The Hall–Kier alpha value is -2.73.